The van der Waals surface area contributed by atoms with Gasteiger partial charge >= 0.3 is 5.97 Å². The van der Waals surface area contributed by atoms with Gasteiger partial charge in [-0.1, -0.05) is 12.1 Å². The fourth-order valence-corrected chi connectivity index (χ4v) is 2.19. The van der Waals surface area contributed by atoms with Crippen LogP contribution in [-0.2, 0) is 4.74 Å². The summed E-state index contributed by atoms with van der Waals surface area (Å²) >= 11 is 0. The van der Waals surface area contributed by atoms with E-state index in [0.29, 0.717) is 5.69 Å². The molecule has 0 atom stereocenters. The molecule has 0 saturated heterocycles. The Morgan fingerprint density at radius 2 is 1.96 bits per heavy atom. The second kappa shape index (κ2) is 7.38. The third-order valence-electron chi connectivity index (χ3n) is 3.40. The first-order valence-corrected chi connectivity index (χ1v) is 7.23. The molecule has 0 N–H and O–H groups in total. The molecule has 2 aromatic carbocycles. The Morgan fingerprint density at radius 3 is 2.62 bits per heavy atom. The van der Waals surface area contributed by atoms with E-state index >= 15 is 0 Å². The van der Waals surface area contributed by atoms with Crippen molar-refractivity contribution >= 4 is 17.6 Å². The number of para-hydroxylation sites is 1. The molecule has 0 spiro atoms. The van der Waals surface area contributed by atoms with E-state index < -0.39 is 17.7 Å². The lowest BCUT2D eigenvalue weighted by Gasteiger charge is -2.20. The molecule has 1 amide bonds. The zero-order valence-corrected chi connectivity index (χ0v) is 13.2. The Kier molecular flexibility index (Phi) is 5.27. The normalized spacial score (nSPS) is 9.92. The minimum absolute atomic E-state index is 0.147. The first kappa shape index (κ1) is 17.2. The highest BCUT2D eigenvalue weighted by atomic mass is 19.1. The van der Waals surface area contributed by atoms with Gasteiger partial charge in [-0.25, -0.2) is 9.18 Å². The van der Waals surface area contributed by atoms with Gasteiger partial charge in [0.05, 0.1) is 23.4 Å². The molecule has 0 aromatic heterocycles. The number of hydrogen-bond donors (Lipinski definition) is 0. The molecule has 0 heterocycles. The van der Waals surface area contributed by atoms with E-state index in [9.17, 15) is 14.0 Å². The molecule has 0 aliphatic rings. The summed E-state index contributed by atoms with van der Waals surface area (Å²) in [6.07, 6.45) is 0. The van der Waals surface area contributed by atoms with Crippen molar-refractivity contribution in [1.29, 1.82) is 5.26 Å². The van der Waals surface area contributed by atoms with Crippen LogP contribution in [0.4, 0.5) is 10.1 Å². The number of carbonyl (C=O) groups excluding carboxylic acids is 2. The third kappa shape index (κ3) is 3.41. The number of ether oxygens (including phenoxy) is 1. The van der Waals surface area contributed by atoms with Gasteiger partial charge < -0.3 is 9.64 Å². The summed E-state index contributed by atoms with van der Waals surface area (Å²) in [7, 11) is 1.50. The van der Waals surface area contributed by atoms with Crippen LogP contribution in [-0.4, -0.2) is 25.5 Å². The molecule has 2 aromatic rings. The second-order valence-electron chi connectivity index (χ2n) is 4.91. The molecule has 2 rings (SSSR count). The molecule has 0 fully saturated rings. The lowest BCUT2D eigenvalue weighted by atomic mass is 10.1. The number of halogens is 1. The Morgan fingerprint density at radius 1 is 1.25 bits per heavy atom. The number of amides is 1. The monoisotopic (exact) mass is 326 g/mol. The highest BCUT2D eigenvalue weighted by molar-refractivity contribution is 6.09. The summed E-state index contributed by atoms with van der Waals surface area (Å²) in [4.78, 5) is 25.9. The zero-order chi connectivity index (χ0) is 17.7. The smallest absolute Gasteiger partial charge is 0.340 e. The number of nitrogens with zero attached hydrogens (tertiary/aromatic N) is 2. The van der Waals surface area contributed by atoms with Crippen LogP contribution in [0.1, 0.15) is 33.2 Å². The quantitative estimate of drug-likeness (QED) is 0.809. The van der Waals surface area contributed by atoms with Gasteiger partial charge in [-0.2, -0.15) is 5.26 Å². The molecule has 122 valence electrons. The van der Waals surface area contributed by atoms with Crippen LogP contribution < -0.4 is 4.90 Å². The van der Waals surface area contributed by atoms with E-state index in [1.807, 2.05) is 0 Å². The minimum Gasteiger partial charge on any atom is -0.462 e. The number of carbonyl (C=O) groups is 2. The lowest BCUT2D eigenvalue weighted by Crippen LogP contribution is -2.28. The fourth-order valence-electron chi connectivity index (χ4n) is 2.19. The van der Waals surface area contributed by atoms with Gasteiger partial charge in [0.1, 0.15) is 11.9 Å². The van der Waals surface area contributed by atoms with Crippen LogP contribution in [0.25, 0.3) is 0 Å². The van der Waals surface area contributed by atoms with Crippen LogP contribution in [0.3, 0.4) is 0 Å². The van der Waals surface area contributed by atoms with Crippen LogP contribution in [0.5, 0.6) is 0 Å². The number of rotatable bonds is 4. The molecule has 5 nitrogen and oxygen atoms in total. The average molecular weight is 326 g/mol. The Labute approximate surface area is 138 Å². The summed E-state index contributed by atoms with van der Waals surface area (Å²) in [5, 5.41) is 8.88. The Balaban J connectivity index is 2.39. The van der Waals surface area contributed by atoms with Crippen molar-refractivity contribution in [3.05, 3.63) is 65.0 Å². The van der Waals surface area contributed by atoms with Crippen LogP contribution in [0, 0.1) is 17.1 Å². The highest BCUT2D eigenvalue weighted by Crippen LogP contribution is 2.22. The maximum atomic E-state index is 13.4. The second-order valence-corrected chi connectivity index (χ2v) is 4.91. The molecule has 0 saturated carbocycles. The van der Waals surface area contributed by atoms with Gasteiger partial charge in [0.2, 0.25) is 0 Å². The van der Waals surface area contributed by atoms with Gasteiger partial charge in [-0.05, 0) is 37.3 Å². The Bertz CT molecular complexity index is 827. The van der Waals surface area contributed by atoms with Crippen molar-refractivity contribution in [2.45, 2.75) is 6.92 Å². The molecule has 0 radical (unpaired) electrons. The molecular formula is C18H15FN2O3. The van der Waals surface area contributed by atoms with E-state index in [4.69, 9.17) is 10.00 Å². The number of hydrogen-bond acceptors (Lipinski definition) is 4. The highest BCUT2D eigenvalue weighted by Gasteiger charge is 2.21. The molecular weight excluding hydrogens is 311 g/mol. The van der Waals surface area contributed by atoms with Crippen molar-refractivity contribution in [3.63, 3.8) is 0 Å². The van der Waals surface area contributed by atoms with E-state index in [0.717, 1.165) is 6.07 Å². The summed E-state index contributed by atoms with van der Waals surface area (Å²) < 4.78 is 18.4. The first-order valence-electron chi connectivity index (χ1n) is 7.23. The van der Waals surface area contributed by atoms with Gasteiger partial charge in [0, 0.05) is 12.6 Å². The molecule has 6 heteroatoms. The summed E-state index contributed by atoms with van der Waals surface area (Å²) in [5.41, 5.74) is 0.545. The zero-order valence-electron chi connectivity index (χ0n) is 13.2. The van der Waals surface area contributed by atoms with Gasteiger partial charge in [0.25, 0.3) is 5.91 Å². The largest absolute Gasteiger partial charge is 0.462 e. The number of nitriles is 1. The van der Waals surface area contributed by atoms with Crippen molar-refractivity contribution < 1.29 is 18.7 Å². The molecule has 0 unspecified atom stereocenters. The maximum absolute atomic E-state index is 13.4. The van der Waals surface area contributed by atoms with E-state index in [1.165, 1.54) is 24.1 Å². The standard InChI is InChI=1S/C18H15FN2O3/c1-3-24-18(23)14-6-4-5-7-16(14)21(2)17(22)12-8-9-15(19)13(10-12)11-20/h4-10H,3H2,1-2H3. The van der Waals surface area contributed by atoms with Crippen molar-refractivity contribution in [2.75, 3.05) is 18.6 Å². The van der Waals surface area contributed by atoms with E-state index in [2.05, 4.69) is 0 Å². The summed E-state index contributed by atoms with van der Waals surface area (Å²) in [5.74, 6) is -1.70. The van der Waals surface area contributed by atoms with Crippen LogP contribution in [0.15, 0.2) is 42.5 Å². The topological polar surface area (TPSA) is 70.4 Å². The summed E-state index contributed by atoms with van der Waals surface area (Å²) in [6.45, 7) is 1.91. The predicted molar refractivity (Wildman–Crippen MR) is 86.2 cm³/mol. The Hall–Kier alpha value is -3.20. The van der Waals surface area contributed by atoms with Crippen LogP contribution >= 0.6 is 0 Å². The minimum atomic E-state index is -0.691. The molecule has 0 aliphatic heterocycles. The third-order valence-corrected chi connectivity index (χ3v) is 3.40. The average Bonchev–Trinajstić information content (AvgIpc) is 2.61. The van der Waals surface area contributed by atoms with Gasteiger partial charge in [0.15, 0.2) is 0 Å². The number of benzene rings is 2. The summed E-state index contributed by atoms with van der Waals surface area (Å²) in [6, 6.07) is 11.8. The maximum Gasteiger partial charge on any atom is 0.340 e. The van der Waals surface area contributed by atoms with E-state index in [1.54, 1.807) is 37.3 Å². The number of anilines is 1. The molecule has 24 heavy (non-hydrogen) atoms. The molecule has 0 bridgehead atoms. The van der Waals surface area contributed by atoms with Crippen molar-refractivity contribution in [1.82, 2.24) is 0 Å². The first-order chi connectivity index (χ1) is 11.5. The number of esters is 1. The fraction of sp³-hybridized carbons (Fsp3) is 0.167. The predicted octanol–water partition coefficient (Wildman–Crippen LogP) is 3.15. The van der Waals surface area contributed by atoms with E-state index in [-0.39, 0.29) is 23.3 Å². The van der Waals surface area contributed by atoms with Gasteiger partial charge in [-0.3, -0.25) is 4.79 Å². The van der Waals surface area contributed by atoms with Crippen LogP contribution in [0.2, 0.25) is 0 Å². The lowest BCUT2D eigenvalue weighted by molar-refractivity contribution is 0.0527. The van der Waals surface area contributed by atoms with Gasteiger partial charge in [-0.15, -0.1) is 0 Å². The SMILES string of the molecule is CCOC(=O)c1ccccc1N(C)C(=O)c1ccc(F)c(C#N)c1. The van der Waals surface area contributed by atoms with Crippen molar-refractivity contribution in [2.24, 2.45) is 0 Å². The van der Waals surface area contributed by atoms with Crippen molar-refractivity contribution in [3.8, 4) is 6.07 Å². The molecule has 0 aliphatic carbocycles.